The van der Waals surface area contributed by atoms with Crippen LogP contribution in [0.4, 0.5) is 5.69 Å². The summed E-state index contributed by atoms with van der Waals surface area (Å²) in [6, 6.07) is 12.5. The number of anilines is 1. The molecular weight excluding hydrogens is 436 g/mol. The van der Waals surface area contributed by atoms with Gasteiger partial charge in [0.2, 0.25) is 0 Å². The molecule has 182 valence electrons. The molecular formula is C28H34N6O. The third-order valence-electron chi connectivity index (χ3n) is 7.94. The first kappa shape index (κ1) is 22.3. The van der Waals surface area contributed by atoms with Crippen LogP contribution in [0.1, 0.15) is 76.8 Å². The molecule has 7 nitrogen and oxygen atoms in total. The predicted molar refractivity (Wildman–Crippen MR) is 137 cm³/mol. The van der Waals surface area contributed by atoms with Crippen molar-refractivity contribution in [1.29, 1.82) is 0 Å². The quantitative estimate of drug-likeness (QED) is 0.519. The molecule has 0 bridgehead atoms. The molecule has 3 heterocycles. The molecule has 1 aromatic heterocycles. The van der Waals surface area contributed by atoms with Crippen molar-refractivity contribution in [3.05, 3.63) is 64.5 Å². The minimum Gasteiger partial charge on any atom is -0.399 e. The van der Waals surface area contributed by atoms with Crippen molar-refractivity contribution >= 4 is 11.6 Å². The Morgan fingerprint density at radius 1 is 1.00 bits per heavy atom. The summed E-state index contributed by atoms with van der Waals surface area (Å²) in [5.41, 5.74) is 12.1. The summed E-state index contributed by atoms with van der Waals surface area (Å²) in [4.78, 5) is 21.5. The molecule has 0 radical (unpaired) electrons. The summed E-state index contributed by atoms with van der Waals surface area (Å²) in [5, 5.41) is 8.91. The Bertz CT molecular complexity index is 1220. The highest BCUT2D eigenvalue weighted by molar-refractivity contribution is 5.97. The first-order valence-electron chi connectivity index (χ1n) is 13.0. The molecule has 1 amide bonds. The second-order valence-corrected chi connectivity index (χ2v) is 10.5. The van der Waals surface area contributed by atoms with Crippen molar-refractivity contribution in [3.8, 4) is 11.4 Å². The van der Waals surface area contributed by atoms with Gasteiger partial charge in [-0.3, -0.25) is 9.69 Å². The summed E-state index contributed by atoms with van der Waals surface area (Å²) >= 11 is 0. The number of hydrogen-bond donors (Lipinski definition) is 2. The number of aryl methyl sites for hydroxylation is 1. The second-order valence-electron chi connectivity index (χ2n) is 10.5. The zero-order chi connectivity index (χ0) is 23.9. The van der Waals surface area contributed by atoms with Gasteiger partial charge in [0, 0.05) is 29.9 Å². The lowest BCUT2D eigenvalue weighted by atomic mass is 9.88. The third kappa shape index (κ3) is 4.57. The maximum absolute atomic E-state index is 13.6. The Kier molecular flexibility index (Phi) is 5.80. The largest absolute Gasteiger partial charge is 0.399 e. The molecule has 7 heteroatoms. The Balaban J connectivity index is 1.22. The number of aromatic nitrogens is 3. The lowest BCUT2D eigenvalue weighted by molar-refractivity contribution is 0.0712. The Morgan fingerprint density at radius 3 is 2.40 bits per heavy atom. The minimum absolute atomic E-state index is 0.127. The van der Waals surface area contributed by atoms with E-state index in [0.717, 1.165) is 79.6 Å². The smallest absolute Gasteiger partial charge is 0.254 e. The van der Waals surface area contributed by atoms with E-state index in [4.69, 9.17) is 5.73 Å². The van der Waals surface area contributed by atoms with Gasteiger partial charge in [0.25, 0.3) is 5.91 Å². The molecule has 2 saturated heterocycles. The maximum atomic E-state index is 13.6. The number of hydrogen-bond acceptors (Lipinski definition) is 5. The average molecular weight is 471 g/mol. The van der Waals surface area contributed by atoms with E-state index < -0.39 is 0 Å². The zero-order valence-corrected chi connectivity index (χ0v) is 20.5. The number of nitrogens with two attached hydrogens (primary N) is 1. The van der Waals surface area contributed by atoms with Crippen molar-refractivity contribution < 1.29 is 4.79 Å². The fourth-order valence-corrected chi connectivity index (χ4v) is 5.49. The number of likely N-dealkylation sites (tertiary alicyclic amines) is 2. The second kappa shape index (κ2) is 9.11. The van der Waals surface area contributed by atoms with Crippen molar-refractivity contribution in [2.75, 3.05) is 31.9 Å². The van der Waals surface area contributed by atoms with Crippen LogP contribution in [0.5, 0.6) is 0 Å². The van der Waals surface area contributed by atoms with Gasteiger partial charge >= 0.3 is 0 Å². The Morgan fingerprint density at radius 2 is 1.74 bits per heavy atom. The van der Waals surface area contributed by atoms with Crippen LogP contribution < -0.4 is 5.73 Å². The molecule has 0 atom stereocenters. The summed E-state index contributed by atoms with van der Waals surface area (Å²) < 4.78 is 0. The molecule has 3 aromatic rings. The number of H-pyrrole nitrogens is 1. The Labute approximate surface area is 206 Å². The van der Waals surface area contributed by atoms with Crippen LogP contribution in [0, 0.1) is 6.92 Å². The molecule has 2 aromatic carbocycles. The van der Waals surface area contributed by atoms with E-state index in [2.05, 4.69) is 51.3 Å². The number of carbonyl (C=O) groups is 1. The number of amides is 1. The number of piperidine rings is 1. The van der Waals surface area contributed by atoms with Gasteiger partial charge in [0.15, 0.2) is 5.82 Å². The monoisotopic (exact) mass is 470 g/mol. The van der Waals surface area contributed by atoms with Gasteiger partial charge in [-0.25, -0.2) is 0 Å². The first-order chi connectivity index (χ1) is 17.0. The molecule has 0 spiro atoms. The van der Waals surface area contributed by atoms with Crippen molar-refractivity contribution in [3.63, 3.8) is 0 Å². The highest BCUT2D eigenvalue weighted by atomic mass is 16.2. The van der Waals surface area contributed by atoms with Crippen LogP contribution in [0.15, 0.2) is 36.4 Å². The number of aromatic amines is 1. The fourth-order valence-electron chi connectivity index (χ4n) is 5.49. The lowest BCUT2D eigenvalue weighted by Crippen LogP contribution is -2.38. The van der Waals surface area contributed by atoms with Crippen molar-refractivity contribution in [1.82, 2.24) is 25.0 Å². The van der Waals surface area contributed by atoms with E-state index in [1.54, 1.807) is 0 Å². The molecule has 6 rings (SSSR count). The number of carbonyl (C=O) groups excluding carboxylic acids is 1. The summed E-state index contributed by atoms with van der Waals surface area (Å²) in [5.74, 6) is 2.86. The topological polar surface area (TPSA) is 91.1 Å². The molecule has 35 heavy (non-hydrogen) atoms. The minimum atomic E-state index is 0.127. The van der Waals surface area contributed by atoms with E-state index in [1.165, 1.54) is 30.4 Å². The van der Waals surface area contributed by atoms with Crippen LogP contribution in [0.2, 0.25) is 0 Å². The van der Waals surface area contributed by atoms with Gasteiger partial charge in [-0.2, -0.15) is 0 Å². The third-order valence-corrected chi connectivity index (χ3v) is 7.94. The highest BCUT2D eigenvalue weighted by Crippen LogP contribution is 2.45. The van der Waals surface area contributed by atoms with E-state index in [1.807, 2.05) is 17.0 Å². The van der Waals surface area contributed by atoms with Crippen LogP contribution >= 0.6 is 0 Å². The number of nitrogens with zero attached hydrogens (tertiary/aromatic N) is 4. The molecule has 3 aliphatic rings. The van der Waals surface area contributed by atoms with Gasteiger partial charge < -0.3 is 15.6 Å². The lowest BCUT2D eigenvalue weighted by Gasteiger charge is -2.33. The molecule has 1 aliphatic carbocycles. The Hall–Kier alpha value is -3.19. The average Bonchev–Trinajstić information content (AvgIpc) is 3.59. The zero-order valence-electron chi connectivity index (χ0n) is 20.5. The van der Waals surface area contributed by atoms with Gasteiger partial charge in [0.05, 0.1) is 6.54 Å². The van der Waals surface area contributed by atoms with Gasteiger partial charge in [0.1, 0.15) is 5.82 Å². The fraction of sp³-hybridized carbons (Fsp3) is 0.464. The number of benzene rings is 2. The van der Waals surface area contributed by atoms with Crippen LogP contribution in [-0.2, 0) is 6.54 Å². The van der Waals surface area contributed by atoms with Gasteiger partial charge in [-0.1, -0.05) is 18.2 Å². The maximum Gasteiger partial charge on any atom is 0.254 e. The number of rotatable bonds is 6. The van der Waals surface area contributed by atoms with Crippen LogP contribution in [0.25, 0.3) is 11.4 Å². The summed E-state index contributed by atoms with van der Waals surface area (Å²) in [6.07, 6.45) is 5.61. The number of nitrogens with one attached hydrogen (secondary N) is 1. The van der Waals surface area contributed by atoms with Crippen LogP contribution in [-0.4, -0.2) is 57.1 Å². The van der Waals surface area contributed by atoms with Gasteiger partial charge in [-0.15, -0.1) is 10.2 Å². The SMILES string of the molecule is Cc1cc(C2CC2)c(-c2nnc(CN3CCC3)[nH]2)cc1C(=O)N1CCC(c2ccc(N)cc2)CC1. The van der Waals surface area contributed by atoms with Gasteiger partial charge in [-0.05, 0) is 98.8 Å². The molecule has 2 aliphatic heterocycles. The van der Waals surface area contributed by atoms with E-state index >= 15 is 0 Å². The summed E-state index contributed by atoms with van der Waals surface area (Å²) in [6.45, 7) is 6.68. The molecule has 3 N–H and O–H groups in total. The van der Waals surface area contributed by atoms with Crippen LogP contribution in [0.3, 0.4) is 0 Å². The molecule has 1 saturated carbocycles. The number of nitrogen functional groups attached to an aromatic ring is 1. The van der Waals surface area contributed by atoms with E-state index in [9.17, 15) is 4.79 Å². The standard InChI is InChI=1S/C28H34N6O/c1-18-15-24(21-3-4-21)25(27-30-26(31-32-27)17-33-11-2-12-33)16-23(18)28(35)34-13-9-20(10-14-34)19-5-7-22(29)8-6-19/h5-8,15-16,20-21H,2-4,9-14,17,29H2,1H3,(H,30,31,32). The normalized spacial score (nSPS) is 19.1. The highest BCUT2D eigenvalue weighted by Gasteiger charge is 2.31. The van der Waals surface area contributed by atoms with E-state index in [0.29, 0.717) is 11.8 Å². The first-order valence-corrected chi connectivity index (χ1v) is 13.0. The summed E-state index contributed by atoms with van der Waals surface area (Å²) in [7, 11) is 0. The molecule has 3 fully saturated rings. The van der Waals surface area contributed by atoms with Crippen molar-refractivity contribution in [2.45, 2.75) is 57.4 Å². The molecule has 0 unspecified atom stereocenters. The van der Waals surface area contributed by atoms with E-state index in [-0.39, 0.29) is 5.91 Å². The predicted octanol–water partition coefficient (Wildman–Crippen LogP) is 4.47. The van der Waals surface area contributed by atoms with Crippen molar-refractivity contribution in [2.24, 2.45) is 0 Å².